The van der Waals surface area contributed by atoms with E-state index in [-0.39, 0.29) is 0 Å². The van der Waals surface area contributed by atoms with Gasteiger partial charge in [0.15, 0.2) is 0 Å². The molecule has 0 aliphatic rings. The first-order valence-electron chi connectivity index (χ1n) is 6.86. The van der Waals surface area contributed by atoms with Gasteiger partial charge in [-0.1, -0.05) is 13.8 Å². The molecule has 2 rings (SSSR count). The maximum absolute atomic E-state index is 5.76. The van der Waals surface area contributed by atoms with Crippen molar-refractivity contribution in [3.63, 3.8) is 0 Å². The van der Waals surface area contributed by atoms with Crippen molar-refractivity contribution in [3.8, 4) is 0 Å². The second-order valence-electron chi connectivity index (χ2n) is 4.89. The van der Waals surface area contributed by atoms with E-state index in [2.05, 4.69) is 41.0 Å². The number of H-pyrrole nitrogens is 1. The third-order valence-electron chi connectivity index (χ3n) is 3.32. The normalized spacial score (nSPS) is 13.1. The highest BCUT2D eigenvalue weighted by molar-refractivity contribution is 5.80. The van der Waals surface area contributed by atoms with Gasteiger partial charge in [-0.3, -0.25) is 0 Å². The van der Waals surface area contributed by atoms with Gasteiger partial charge in [-0.25, -0.2) is 4.98 Å². The first-order chi connectivity index (χ1) is 9.12. The first-order valence-corrected chi connectivity index (χ1v) is 6.86. The van der Waals surface area contributed by atoms with E-state index in [1.54, 1.807) is 0 Å². The summed E-state index contributed by atoms with van der Waals surface area (Å²) < 4.78 is 0. The van der Waals surface area contributed by atoms with Crippen molar-refractivity contribution in [2.75, 3.05) is 30.7 Å². The Labute approximate surface area is 114 Å². The maximum atomic E-state index is 5.76. The van der Waals surface area contributed by atoms with Crippen molar-refractivity contribution in [1.82, 2.24) is 14.9 Å². The smallest absolute Gasteiger partial charge is 0.201 e. The standard InChI is InChI=1S/C14H23N5/c1-4-19(5-2)9-10(3)16-14-17-12-7-6-11(15)8-13(12)18-14/h6-8,10H,4-5,9,15H2,1-3H3,(H2,16,17,18). The van der Waals surface area contributed by atoms with E-state index in [1.165, 1.54) is 0 Å². The summed E-state index contributed by atoms with van der Waals surface area (Å²) >= 11 is 0. The molecular weight excluding hydrogens is 238 g/mol. The third-order valence-corrected chi connectivity index (χ3v) is 3.32. The van der Waals surface area contributed by atoms with Gasteiger partial charge in [0.2, 0.25) is 5.95 Å². The number of rotatable bonds is 6. The van der Waals surface area contributed by atoms with E-state index in [1.807, 2.05) is 18.2 Å². The van der Waals surface area contributed by atoms with Crippen molar-refractivity contribution in [2.45, 2.75) is 26.8 Å². The molecule has 1 atom stereocenters. The number of aromatic amines is 1. The summed E-state index contributed by atoms with van der Waals surface area (Å²) in [6, 6.07) is 6.05. The number of nitrogens with one attached hydrogen (secondary N) is 2. The number of fused-ring (bicyclic) bond motifs is 1. The van der Waals surface area contributed by atoms with Gasteiger partial charge in [0.1, 0.15) is 0 Å². The number of nitrogens with zero attached hydrogens (tertiary/aromatic N) is 2. The Balaban J connectivity index is 2.04. The van der Waals surface area contributed by atoms with E-state index in [0.29, 0.717) is 6.04 Å². The number of hydrogen-bond donors (Lipinski definition) is 3. The molecule has 0 saturated heterocycles. The lowest BCUT2D eigenvalue weighted by Gasteiger charge is -2.23. The number of anilines is 2. The molecule has 0 fully saturated rings. The highest BCUT2D eigenvalue weighted by Crippen LogP contribution is 2.17. The third kappa shape index (κ3) is 3.38. The molecule has 0 saturated carbocycles. The first kappa shape index (κ1) is 13.7. The van der Waals surface area contributed by atoms with Crippen LogP contribution in [0.15, 0.2) is 18.2 Å². The molecule has 0 spiro atoms. The van der Waals surface area contributed by atoms with Crippen LogP contribution in [0, 0.1) is 0 Å². The minimum Gasteiger partial charge on any atom is -0.399 e. The summed E-state index contributed by atoms with van der Waals surface area (Å²) in [4.78, 5) is 10.2. The average molecular weight is 261 g/mol. The van der Waals surface area contributed by atoms with Crippen LogP contribution in [0.5, 0.6) is 0 Å². The van der Waals surface area contributed by atoms with Gasteiger partial charge in [-0.2, -0.15) is 0 Å². The van der Waals surface area contributed by atoms with Crippen LogP contribution < -0.4 is 11.1 Å². The lowest BCUT2D eigenvalue weighted by atomic mass is 10.3. The van der Waals surface area contributed by atoms with Gasteiger partial charge in [-0.05, 0) is 38.2 Å². The summed E-state index contributed by atoms with van der Waals surface area (Å²) in [5, 5.41) is 3.40. The van der Waals surface area contributed by atoms with Crippen molar-refractivity contribution < 1.29 is 0 Å². The molecule has 0 aliphatic heterocycles. The van der Waals surface area contributed by atoms with Crippen LogP contribution in [0.25, 0.3) is 11.0 Å². The number of imidazole rings is 1. The number of nitrogens with two attached hydrogens (primary N) is 1. The van der Waals surface area contributed by atoms with E-state index >= 15 is 0 Å². The fourth-order valence-electron chi connectivity index (χ4n) is 2.24. The molecule has 1 unspecified atom stereocenters. The van der Waals surface area contributed by atoms with Crippen molar-refractivity contribution >= 4 is 22.7 Å². The van der Waals surface area contributed by atoms with E-state index < -0.39 is 0 Å². The number of aromatic nitrogens is 2. The Kier molecular flexibility index (Phi) is 4.27. The van der Waals surface area contributed by atoms with Crippen LogP contribution in [0.3, 0.4) is 0 Å². The summed E-state index contributed by atoms with van der Waals surface area (Å²) in [5.41, 5.74) is 8.42. The van der Waals surface area contributed by atoms with Crippen molar-refractivity contribution in [2.24, 2.45) is 0 Å². The number of benzene rings is 1. The van der Waals surface area contributed by atoms with Crippen LogP contribution in [-0.4, -0.2) is 40.5 Å². The molecule has 4 N–H and O–H groups in total. The fourth-order valence-corrected chi connectivity index (χ4v) is 2.24. The molecule has 0 radical (unpaired) electrons. The molecule has 5 nitrogen and oxygen atoms in total. The van der Waals surface area contributed by atoms with Gasteiger partial charge in [0, 0.05) is 18.3 Å². The molecule has 1 heterocycles. The summed E-state index contributed by atoms with van der Waals surface area (Å²) in [6.45, 7) is 9.67. The zero-order valence-electron chi connectivity index (χ0n) is 11.9. The molecule has 0 aliphatic carbocycles. The molecule has 0 amide bonds. The minimum atomic E-state index is 0.345. The number of nitrogen functional groups attached to an aromatic ring is 1. The molecule has 19 heavy (non-hydrogen) atoms. The Morgan fingerprint density at radius 1 is 1.37 bits per heavy atom. The highest BCUT2D eigenvalue weighted by atomic mass is 15.2. The Morgan fingerprint density at radius 3 is 2.79 bits per heavy atom. The zero-order valence-corrected chi connectivity index (χ0v) is 11.9. The van der Waals surface area contributed by atoms with Crippen LogP contribution in [-0.2, 0) is 0 Å². The molecule has 1 aromatic carbocycles. The van der Waals surface area contributed by atoms with Crippen molar-refractivity contribution in [1.29, 1.82) is 0 Å². The average Bonchev–Trinajstić information content (AvgIpc) is 2.77. The second kappa shape index (κ2) is 5.93. The fraction of sp³-hybridized carbons (Fsp3) is 0.500. The molecular formula is C14H23N5. The quantitative estimate of drug-likeness (QED) is 0.698. The van der Waals surface area contributed by atoms with Gasteiger partial charge in [0.25, 0.3) is 0 Å². The molecule has 5 heteroatoms. The Bertz CT molecular complexity index is 530. The predicted octanol–water partition coefficient (Wildman–Crippen LogP) is 2.29. The molecule has 1 aromatic heterocycles. The predicted molar refractivity (Wildman–Crippen MR) is 81.4 cm³/mol. The summed E-state index contributed by atoms with van der Waals surface area (Å²) in [6.07, 6.45) is 0. The van der Waals surface area contributed by atoms with Gasteiger partial charge in [0.05, 0.1) is 11.0 Å². The number of likely N-dealkylation sites (N-methyl/N-ethyl adjacent to an activating group) is 1. The van der Waals surface area contributed by atoms with Crippen LogP contribution in [0.1, 0.15) is 20.8 Å². The van der Waals surface area contributed by atoms with Crippen LogP contribution in [0.2, 0.25) is 0 Å². The largest absolute Gasteiger partial charge is 0.399 e. The Hall–Kier alpha value is -1.75. The van der Waals surface area contributed by atoms with Gasteiger partial charge >= 0.3 is 0 Å². The summed E-state index contributed by atoms with van der Waals surface area (Å²) in [7, 11) is 0. The van der Waals surface area contributed by atoms with Crippen LogP contribution in [0.4, 0.5) is 11.6 Å². The van der Waals surface area contributed by atoms with Gasteiger partial charge < -0.3 is 20.9 Å². The molecule has 2 aromatic rings. The van der Waals surface area contributed by atoms with E-state index in [4.69, 9.17) is 5.73 Å². The second-order valence-corrected chi connectivity index (χ2v) is 4.89. The van der Waals surface area contributed by atoms with Gasteiger partial charge in [-0.15, -0.1) is 0 Å². The maximum Gasteiger partial charge on any atom is 0.201 e. The van der Waals surface area contributed by atoms with E-state index in [9.17, 15) is 0 Å². The zero-order chi connectivity index (χ0) is 13.8. The van der Waals surface area contributed by atoms with E-state index in [0.717, 1.165) is 42.3 Å². The Morgan fingerprint density at radius 2 is 2.11 bits per heavy atom. The lowest BCUT2D eigenvalue weighted by Crippen LogP contribution is -2.34. The highest BCUT2D eigenvalue weighted by Gasteiger charge is 2.09. The van der Waals surface area contributed by atoms with Crippen molar-refractivity contribution in [3.05, 3.63) is 18.2 Å². The number of hydrogen-bond acceptors (Lipinski definition) is 4. The SMILES string of the molecule is CCN(CC)CC(C)Nc1nc2ccc(N)cc2[nH]1. The summed E-state index contributed by atoms with van der Waals surface area (Å²) in [5.74, 6) is 0.806. The minimum absolute atomic E-state index is 0.345. The molecule has 104 valence electrons. The topological polar surface area (TPSA) is 70.0 Å². The lowest BCUT2D eigenvalue weighted by molar-refractivity contribution is 0.294. The molecule has 0 bridgehead atoms. The van der Waals surface area contributed by atoms with Crippen LogP contribution >= 0.6 is 0 Å². The monoisotopic (exact) mass is 261 g/mol.